The van der Waals surface area contributed by atoms with Gasteiger partial charge >= 0.3 is 0 Å². The van der Waals surface area contributed by atoms with E-state index in [9.17, 15) is 19.3 Å². The molecule has 0 aromatic heterocycles. The summed E-state index contributed by atoms with van der Waals surface area (Å²) in [5, 5.41) is 11.0. The maximum atomic E-state index is 13.6. The lowest BCUT2D eigenvalue weighted by atomic mass is 10.1. The molecule has 1 aliphatic heterocycles. The van der Waals surface area contributed by atoms with Gasteiger partial charge in [-0.3, -0.25) is 14.9 Å². The van der Waals surface area contributed by atoms with E-state index in [1.54, 1.807) is 0 Å². The number of carbonyl (C=O) groups is 1. The molecule has 1 unspecified atom stereocenters. The molecule has 0 saturated carbocycles. The smallest absolute Gasteiger partial charge is 0.293 e. The van der Waals surface area contributed by atoms with Gasteiger partial charge in [-0.15, -0.1) is 12.3 Å². The van der Waals surface area contributed by atoms with Gasteiger partial charge in [0.1, 0.15) is 11.5 Å². The molecule has 1 aromatic rings. The predicted octanol–water partition coefficient (Wildman–Crippen LogP) is 2.03. The topological polar surface area (TPSA) is 63.5 Å². The zero-order chi connectivity index (χ0) is 14.2. The summed E-state index contributed by atoms with van der Waals surface area (Å²) in [6.45, 7) is 1.59. The molecular formula is C13H11FN2O3. The van der Waals surface area contributed by atoms with Crippen LogP contribution in [0, 0.1) is 41.1 Å². The van der Waals surface area contributed by atoms with Crippen LogP contribution in [0.1, 0.15) is 12.0 Å². The zero-order valence-electron chi connectivity index (χ0n) is 10.2. The molecule has 1 amide bonds. The highest BCUT2D eigenvalue weighted by atomic mass is 19.1. The fourth-order valence-corrected chi connectivity index (χ4v) is 2.18. The molecular weight excluding hydrogens is 251 g/mol. The Kier molecular flexibility index (Phi) is 3.21. The van der Waals surface area contributed by atoms with Crippen LogP contribution in [0.2, 0.25) is 0 Å². The number of carbonyl (C=O) groups excluding carboxylic acids is 1. The third kappa shape index (κ3) is 2.15. The van der Waals surface area contributed by atoms with E-state index in [4.69, 9.17) is 6.42 Å². The third-order valence-electron chi connectivity index (χ3n) is 3.17. The third-order valence-corrected chi connectivity index (χ3v) is 3.17. The van der Waals surface area contributed by atoms with Crippen LogP contribution in [0.4, 0.5) is 15.8 Å². The van der Waals surface area contributed by atoms with Crippen LogP contribution in [-0.4, -0.2) is 17.4 Å². The Bertz CT molecular complexity index is 607. The van der Waals surface area contributed by atoms with Crippen molar-refractivity contribution in [3.05, 3.63) is 33.6 Å². The lowest BCUT2D eigenvalue weighted by Crippen LogP contribution is -2.26. The number of anilines is 1. The average molecular weight is 262 g/mol. The van der Waals surface area contributed by atoms with E-state index in [1.807, 2.05) is 0 Å². The first kappa shape index (κ1) is 13.0. The lowest BCUT2D eigenvalue weighted by Gasteiger charge is -2.18. The number of nitro groups is 1. The molecule has 98 valence electrons. The van der Waals surface area contributed by atoms with E-state index in [0.717, 1.165) is 12.1 Å². The van der Waals surface area contributed by atoms with Gasteiger partial charge in [0.25, 0.3) is 5.69 Å². The normalized spacial score (nSPS) is 18.5. The first-order valence-corrected chi connectivity index (χ1v) is 5.65. The number of hydrogen-bond donors (Lipinski definition) is 0. The van der Waals surface area contributed by atoms with Gasteiger partial charge in [0, 0.05) is 30.5 Å². The minimum atomic E-state index is -0.627. The van der Waals surface area contributed by atoms with Gasteiger partial charge in [0.2, 0.25) is 5.91 Å². The van der Waals surface area contributed by atoms with Crippen LogP contribution in [0.15, 0.2) is 12.1 Å². The standard InChI is InChI=1S/C13H11FN2O3/c1-3-9-6-12(17)15(7-9)13-8(2)10(14)4-5-11(13)16(18)19/h1,4-5,9H,6-7H2,2H3. The number of terminal acetylenes is 1. The highest BCUT2D eigenvalue weighted by Crippen LogP contribution is 2.36. The highest BCUT2D eigenvalue weighted by Gasteiger charge is 2.35. The van der Waals surface area contributed by atoms with Gasteiger partial charge in [-0.25, -0.2) is 4.39 Å². The largest absolute Gasteiger partial charge is 0.305 e. The van der Waals surface area contributed by atoms with Crippen molar-refractivity contribution in [1.29, 1.82) is 0 Å². The van der Waals surface area contributed by atoms with Crippen LogP contribution >= 0.6 is 0 Å². The molecule has 1 atom stereocenters. The molecule has 1 saturated heterocycles. The second-order valence-corrected chi connectivity index (χ2v) is 4.37. The molecule has 1 aromatic carbocycles. The Morgan fingerprint density at radius 3 is 2.79 bits per heavy atom. The van der Waals surface area contributed by atoms with Crippen LogP contribution in [-0.2, 0) is 4.79 Å². The average Bonchev–Trinajstić information content (AvgIpc) is 2.73. The monoisotopic (exact) mass is 262 g/mol. The second-order valence-electron chi connectivity index (χ2n) is 4.37. The maximum Gasteiger partial charge on any atom is 0.293 e. The van der Waals surface area contributed by atoms with Crippen molar-refractivity contribution in [2.24, 2.45) is 5.92 Å². The summed E-state index contributed by atoms with van der Waals surface area (Å²) in [7, 11) is 0. The van der Waals surface area contributed by atoms with Crippen molar-refractivity contribution in [1.82, 2.24) is 0 Å². The number of hydrogen-bond acceptors (Lipinski definition) is 3. The molecule has 5 nitrogen and oxygen atoms in total. The molecule has 0 aliphatic carbocycles. The van der Waals surface area contributed by atoms with Crippen molar-refractivity contribution < 1.29 is 14.1 Å². The summed E-state index contributed by atoms with van der Waals surface area (Å²) < 4.78 is 13.6. The fraction of sp³-hybridized carbons (Fsp3) is 0.308. The lowest BCUT2D eigenvalue weighted by molar-refractivity contribution is -0.384. The molecule has 1 fully saturated rings. The molecule has 19 heavy (non-hydrogen) atoms. The van der Waals surface area contributed by atoms with Gasteiger partial charge in [0.05, 0.1) is 4.92 Å². The van der Waals surface area contributed by atoms with Crippen LogP contribution in [0.5, 0.6) is 0 Å². The first-order chi connectivity index (χ1) is 8.95. The Balaban J connectivity index is 2.56. The number of halogens is 1. The summed E-state index contributed by atoms with van der Waals surface area (Å²) in [6.07, 6.45) is 5.39. The predicted molar refractivity (Wildman–Crippen MR) is 67.1 cm³/mol. The van der Waals surface area contributed by atoms with E-state index >= 15 is 0 Å². The van der Waals surface area contributed by atoms with Gasteiger partial charge in [0.15, 0.2) is 0 Å². The minimum absolute atomic E-state index is 0.00718. The molecule has 2 rings (SSSR count). The van der Waals surface area contributed by atoms with Crippen LogP contribution in [0.25, 0.3) is 0 Å². The Morgan fingerprint density at radius 1 is 1.58 bits per heavy atom. The van der Waals surface area contributed by atoms with Gasteiger partial charge in [-0.05, 0) is 13.0 Å². The second kappa shape index (κ2) is 4.69. The molecule has 0 N–H and O–H groups in total. The van der Waals surface area contributed by atoms with Gasteiger partial charge in [-0.1, -0.05) is 0 Å². The van der Waals surface area contributed by atoms with Gasteiger partial charge < -0.3 is 4.90 Å². The number of benzene rings is 1. The number of nitrogens with zero attached hydrogens (tertiary/aromatic N) is 2. The highest BCUT2D eigenvalue weighted by molar-refractivity contribution is 5.99. The van der Waals surface area contributed by atoms with E-state index in [-0.39, 0.29) is 41.7 Å². The molecule has 1 aliphatic rings. The summed E-state index contributed by atoms with van der Waals surface area (Å²) >= 11 is 0. The van der Waals surface area contributed by atoms with Crippen LogP contribution in [0.3, 0.4) is 0 Å². The van der Waals surface area contributed by atoms with Crippen molar-refractivity contribution in [2.75, 3.05) is 11.4 Å². The van der Waals surface area contributed by atoms with E-state index in [2.05, 4.69) is 5.92 Å². The Hall–Kier alpha value is -2.42. The number of nitro benzene ring substituents is 1. The molecule has 6 heteroatoms. The van der Waals surface area contributed by atoms with Crippen molar-refractivity contribution in [2.45, 2.75) is 13.3 Å². The molecule has 0 spiro atoms. The maximum absolute atomic E-state index is 13.6. The van der Waals surface area contributed by atoms with E-state index in [0.29, 0.717) is 0 Å². The molecule has 0 radical (unpaired) electrons. The van der Waals surface area contributed by atoms with Crippen LogP contribution < -0.4 is 4.90 Å². The first-order valence-electron chi connectivity index (χ1n) is 5.65. The zero-order valence-corrected chi connectivity index (χ0v) is 10.2. The van der Waals surface area contributed by atoms with Crippen molar-refractivity contribution in [3.63, 3.8) is 0 Å². The van der Waals surface area contributed by atoms with Crippen molar-refractivity contribution in [3.8, 4) is 12.3 Å². The quantitative estimate of drug-likeness (QED) is 0.465. The molecule has 0 bridgehead atoms. The van der Waals surface area contributed by atoms with Gasteiger partial charge in [-0.2, -0.15) is 0 Å². The summed E-state index contributed by atoms with van der Waals surface area (Å²) in [5.74, 6) is 1.25. The molecule has 1 heterocycles. The fourth-order valence-electron chi connectivity index (χ4n) is 2.18. The summed E-state index contributed by atoms with van der Waals surface area (Å²) in [6, 6.07) is 2.09. The Morgan fingerprint density at radius 2 is 2.26 bits per heavy atom. The van der Waals surface area contributed by atoms with E-state index < -0.39 is 10.7 Å². The van der Waals surface area contributed by atoms with E-state index in [1.165, 1.54) is 11.8 Å². The Labute approximate surface area is 109 Å². The summed E-state index contributed by atoms with van der Waals surface area (Å²) in [5.41, 5.74) is -0.196. The number of amides is 1. The van der Waals surface area contributed by atoms with Crippen molar-refractivity contribution >= 4 is 17.3 Å². The summed E-state index contributed by atoms with van der Waals surface area (Å²) in [4.78, 5) is 23.5. The minimum Gasteiger partial charge on any atom is -0.305 e. The number of rotatable bonds is 2. The SMILES string of the molecule is C#CC1CC(=O)N(c2c([N+](=O)[O-])ccc(F)c2C)C1.